The second-order valence-corrected chi connectivity index (χ2v) is 13.9. The second-order valence-electron chi connectivity index (χ2n) is 13.9. The lowest BCUT2D eigenvalue weighted by molar-refractivity contribution is 0.202. The van der Waals surface area contributed by atoms with Crippen molar-refractivity contribution in [1.82, 2.24) is 15.0 Å². The molecule has 0 amide bonds. The van der Waals surface area contributed by atoms with Crippen molar-refractivity contribution in [2.24, 2.45) is 0 Å². The molecule has 0 spiro atoms. The van der Waals surface area contributed by atoms with Crippen LogP contribution in [0.5, 0.6) is 40.2 Å². The Morgan fingerprint density at radius 2 is 0.898 bits per heavy atom. The van der Waals surface area contributed by atoms with Crippen LogP contribution in [0.4, 0.5) is 0 Å². The van der Waals surface area contributed by atoms with Crippen LogP contribution in [0.3, 0.4) is 0 Å². The molecule has 9 rings (SSSR count). The third-order valence-electron chi connectivity index (χ3n) is 10.5. The molecule has 1 aliphatic carbocycles. The normalized spacial score (nSPS) is 15.8. The van der Waals surface area contributed by atoms with Crippen molar-refractivity contribution in [2.45, 2.75) is 12.0 Å². The summed E-state index contributed by atoms with van der Waals surface area (Å²) < 4.78 is 6.32. The van der Waals surface area contributed by atoms with E-state index in [1.54, 1.807) is 0 Å². The van der Waals surface area contributed by atoms with Crippen molar-refractivity contribution in [3.05, 3.63) is 144 Å². The molecule has 1 aliphatic heterocycles. The largest absolute Gasteiger partial charge is 0.507 e. The molecule has 14 heteroatoms. The smallest absolute Gasteiger partial charge is 0.197 e. The molecule has 2 atom stereocenters. The van der Waals surface area contributed by atoms with Crippen LogP contribution in [-0.2, 0) is 0 Å². The van der Waals surface area contributed by atoms with Crippen LogP contribution in [0.25, 0.3) is 61.7 Å². The highest BCUT2D eigenvalue weighted by atomic mass is 16.5. The summed E-state index contributed by atoms with van der Waals surface area (Å²) in [6.07, 6.45) is -1.55. The topological polar surface area (TPSA) is 230 Å². The van der Waals surface area contributed by atoms with E-state index in [2.05, 4.69) is 0 Å². The van der Waals surface area contributed by atoms with Crippen molar-refractivity contribution in [2.75, 3.05) is 0 Å². The highest BCUT2D eigenvalue weighted by Crippen LogP contribution is 2.60. The predicted octanol–water partition coefficient (Wildman–Crippen LogP) is 7.39. The first-order chi connectivity index (χ1) is 28.4. The lowest BCUT2D eigenvalue weighted by Gasteiger charge is -2.27. The summed E-state index contributed by atoms with van der Waals surface area (Å²) in [5.41, 5.74) is 2.44. The van der Waals surface area contributed by atoms with Crippen molar-refractivity contribution >= 4 is 18.9 Å². The van der Waals surface area contributed by atoms with Crippen molar-refractivity contribution in [3.8, 4) is 96.4 Å². The number of phenolic OH excluding ortho intramolecular Hbond substituents is 6. The highest BCUT2D eigenvalue weighted by molar-refractivity contribution is 6.36. The minimum absolute atomic E-state index is 0.156. The van der Waals surface area contributed by atoms with E-state index in [0.717, 1.165) is 22.3 Å². The number of phenols is 6. The van der Waals surface area contributed by atoms with E-state index in [9.17, 15) is 46.0 Å². The summed E-state index contributed by atoms with van der Waals surface area (Å²) >= 11 is 0. The molecular formula is C45H30BN3O10. The van der Waals surface area contributed by atoms with Gasteiger partial charge in [-0.15, -0.1) is 0 Å². The maximum Gasteiger partial charge on any atom is 0.197 e. The van der Waals surface area contributed by atoms with Gasteiger partial charge in [-0.3, -0.25) is 0 Å². The van der Waals surface area contributed by atoms with E-state index < -0.39 is 86.1 Å². The molecule has 0 saturated heterocycles. The molecular weight excluding hydrogens is 753 g/mol. The van der Waals surface area contributed by atoms with E-state index in [1.807, 2.05) is 109 Å². The van der Waals surface area contributed by atoms with E-state index in [4.69, 9.17) is 27.5 Å². The number of nitrogens with zero attached hydrogens (tertiary/aromatic N) is 3. The Bertz CT molecular complexity index is 2780. The van der Waals surface area contributed by atoms with Crippen LogP contribution in [0.15, 0.2) is 133 Å². The number of aliphatic hydroxyl groups excluding tert-OH is 3. The summed E-state index contributed by atoms with van der Waals surface area (Å²) in [7, 11) is 6.31. The fraction of sp³-hybridized carbons (Fsp3) is 0.0444. The third-order valence-corrected chi connectivity index (χ3v) is 10.5. The van der Waals surface area contributed by atoms with E-state index in [-0.39, 0.29) is 28.6 Å². The van der Waals surface area contributed by atoms with Gasteiger partial charge in [0.25, 0.3) is 0 Å². The molecule has 6 aromatic carbocycles. The molecule has 2 heterocycles. The predicted molar refractivity (Wildman–Crippen MR) is 218 cm³/mol. The number of rotatable bonds is 6. The monoisotopic (exact) mass is 783 g/mol. The lowest BCUT2D eigenvalue weighted by atomic mass is 9.76. The zero-order chi connectivity index (χ0) is 41.3. The van der Waals surface area contributed by atoms with Gasteiger partial charge in [-0.25, -0.2) is 15.0 Å². The maximum absolute atomic E-state index is 11.6. The van der Waals surface area contributed by atoms with Crippen molar-refractivity contribution in [1.29, 1.82) is 0 Å². The van der Waals surface area contributed by atoms with Gasteiger partial charge in [0.1, 0.15) is 25.5 Å². The molecule has 0 fully saturated rings. The second kappa shape index (κ2) is 13.8. The molecule has 1 aromatic heterocycles. The Labute approximate surface area is 336 Å². The first kappa shape index (κ1) is 36.5. The van der Waals surface area contributed by atoms with E-state index in [1.165, 1.54) is 0 Å². The van der Waals surface area contributed by atoms with Crippen LogP contribution in [-0.4, -0.2) is 74.9 Å². The van der Waals surface area contributed by atoms with Gasteiger partial charge >= 0.3 is 0 Å². The number of ether oxygens (including phenoxy) is 1. The fourth-order valence-corrected chi connectivity index (χ4v) is 7.53. The molecule has 2 aliphatic rings. The SMILES string of the molecule is [B]c1c(O)c(O)c(-c2c(O)c(O)cc(O)c2O)c2c1C1C(O)=C(O)C(O)=C(c3nc(-c4ccc(-c5ccccc5)cc4)nc(-c4ccc(-c5ccccc5)cc4)n3)C1O2. The number of hydrogen-bond donors (Lipinski definition) is 9. The molecule has 2 radical (unpaired) electrons. The Morgan fingerprint density at radius 1 is 0.458 bits per heavy atom. The minimum atomic E-state index is -1.55. The van der Waals surface area contributed by atoms with Gasteiger partial charge < -0.3 is 50.7 Å². The molecule has 13 nitrogen and oxygen atoms in total. The van der Waals surface area contributed by atoms with Crippen LogP contribution in [0.1, 0.15) is 17.3 Å². The van der Waals surface area contributed by atoms with Gasteiger partial charge in [0.2, 0.25) is 0 Å². The number of aromatic hydroxyl groups is 6. The number of fused-ring (bicyclic) bond motifs is 3. The van der Waals surface area contributed by atoms with Crippen molar-refractivity contribution < 1.29 is 50.7 Å². The van der Waals surface area contributed by atoms with Gasteiger partial charge in [0.15, 0.2) is 63.5 Å². The first-order valence-corrected chi connectivity index (χ1v) is 18.1. The Hall–Kier alpha value is -8.13. The van der Waals surface area contributed by atoms with Gasteiger partial charge in [0, 0.05) is 22.8 Å². The summed E-state index contributed by atoms with van der Waals surface area (Å²) in [5, 5.41) is 99.0. The number of aliphatic hydroxyl groups is 3. The van der Waals surface area contributed by atoms with Crippen LogP contribution in [0, 0.1) is 0 Å². The number of benzene rings is 6. The molecule has 2 unspecified atom stereocenters. The summed E-state index contributed by atoms with van der Waals surface area (Å²) in [4.78, 5) is 14.3. The minimum Gasteiger partial charge on any atom is -0.507 e. The summed E-state index contributed by atoms with van der Waals surface area (Å²) in [6.45, 7) is 0. The molecule has 288 valence electrons. The number of aromatic nitrogens is 3. The Kier molecular flexibility index (Phi) is 8.55. The average Bonchev–Trinajstić information content (AvgIpc) is 3.66. The van der Waals surface area contributed by atoms with Gasteiger partial charge in [-0.05, 0) is 27.7 Å². The van der Waals surface area contributed by atoms with Crippen LogP contribution in [0.2, 0.25) is 0 Å². The van der Waals surface area contributed by atoms with Gasteiger partial charge in [-0.2, -0.15) is 0 Å². The zero-order valence-electron chi connectivity index (χ0n) is 30.5. The molecule has 9 N–H and O–H groups in total. The standard InChI is InChI=1S/C45H30BN3O10/c46-33-28-30-37(55)40(58)38(56)32(42(30)59-41(28)31(36(54)39(33)57)29-34(52)26(50)19-27(51)35(29)53)45-48-43(24-15-11-22(12-16-24)20-7-3-1-4-8-20)47-44(49-45)25-17-13-23(14-18-25)21-9-5-2-6-10-21/h1-19,30,42,50-58H. The average molecular weight is 784 g/mol. The van der Waals surface area contributed by atoms with Gasteiger partial charge in [-0.1, -0.05) is 109 Å². The molecule has 59 heavy (non-hydrogen) atoms. The summed E-state index contributed by atoms with van der Waals surface area (Å²) in [5.74, 6) is -10.5. The first-order valence-electron chi connectivity index (χ1n) is 18.1. The number of hydrogen-bond acceptors (Lipinski definition) is 13. The zero-order valence-corrected chi connectivity index (χ0v) is 30.5. The maximum atomic E-state index is 11.6. The summed E-state index contributed by atoms with van der Waals surface area (Å²) in [6, 6.07) is 34.9. The van der Waals surface area contributed by atoms with E-state index in [0.29, 0.717) is 17.2 Å². The van der Waals surface area contributed by atoms with Crippen LogP contribution >= 0.6 is 0 Å². The molecule has 0 saturated carbocycles. The fourth-order valence-electron chi connectivity index (χ4n) is 7.53. The Morgan fingerprint density at radius 3 is 1.39 bits per heavy atom. The van der Waals surface area contributed by atoms with Crippen LogP contribution < -0.4 is 10.2 Å². The molecule has 0 bridgehead atoms. The van der Waals surface area contributed by atoms with Gasteiger partial charge in [0.05, 0.1) is 22.6 Å². The highest BCUT2D eigenvalue weighted by Gasteiger charge is 2.51. The molecule has 7 aromatic rings. The lowest BCUT2D eigenvalue weighted by Crippen LogP contribution is -2.31. The van der Waals surface area contributed by atoms with Crippen molar-refractivity contribution in [3.63, 3.8) is 0 Å². The Balaban J connectivity index is 1.23. The quantitative estimate of drug-likeness (QED) is 0.0456. The van der Waals surface area contributed by atoms with E-state index >= 15 is 0 Å². The third kappa shape index (κ3) is 5.84.